The number of rotatable bonds is 6. The van der Waals surface area contributed by atoms with Crippen molar-refractivity contribution in [2.24, 2.45) is 0 Å². The van der Waals surface area contributed by atoms with E-state index in [1.807, 2.05) is 0 Å². The first-order chi connectivity index (χ1) is 9.90. The van der Waals surface area contributed by atoms with Gasteiger partial charge in [0.1, 0.15) is 0 Å². The monoisotopic (exact) mass is 315 g/mol. The highest BCUT2D eigenvalue weighted by Gasteiger charge is 2.21. The van der Waals surface area contributed by atoms with Crippen LogP contribution in [0.2, 0.25) is 0 Å². The first kappa shape index (κ1) is 15.7. The smallest absolute Gasteiger partial charge is 0.312 e. The molecule has 1 fully saturated rings. The van der Waals surface area contributed by atoms with Crippen molar-refractivity contribution in [2.75, 3.05) is 13.1 Å². The zero-order valence-corrected chi connectivity index (χ0v) is 12.1. The van der Waals surface area contributed by atoms with Gasteiger partial charge in [-0.3, -0.25) is 10.1 Å². The molecule has 3 N–H and O–H groups in total. The Morgan fingerprint density at radius 3 is 2.86 bits per heavy atom. The van der Waals surface area contributed by atoms with Gasteiger partial charge in [-0.15, -0.1) is 0 Å². The number of nitrogens with zero attached hydrogens (tertiary/aromatic N) is 1. The number of nitrogens with one attached hydrogen (secondary N) is 2. The fourth-order valence-corrected chi connectivity index (χ4v) is 3.34. The van der Waals surface area contributed by atoms with E-state index in [0.717, 1.165) is 37.6 Å². The van der Waals surface area contributed by atoms with Crippen molar-refractivity contribution in [3.05, 3.63) is 28.3 Å². The molecule has 1 saturated heterocycles. The maximum Gasteiger partial charge on any atom is 0.312 e. The van der Waals surface area contributed by atoms with Crippen LogP contribution in [-0.2, 0) is 10.0 Å². The molecule has 0 spiro atoms. The van der Waals surface area contributed by atoms with E-state index in [9.17, 15) is 23.6 Å². The Hall–Kier alpha value is -1.71. The Morgan fingerprint density at radius 1 is 1.48 bits per heavy atom. The van der Waals surface area contributed by atoms with Gasteiger partial charge in [0.25, 0.3) is 0 Å². The van der Waals surface area contributed by atoms with E-state index in [2.05, 4.69) is 10.0 Å². The normalized spacial score (nSPS) is 18.8. The molecule has 0 radical (unpaired) electrons. The molecular formula is C12H17N3O5S. The number of hydrogen-bond donors (Lipinski definition) is 3. The first-order valence-electron chi connectivity index (χ1n) is 6.60. The number of sulfonamides is 1. The minimum Gasteiger partial charge on any atom is -0.502 e. The quantitative estimate of drug-likeness (QED) is 0.525. The lowest BCUT2D eigenvalue weighted by atomic mass is 10.2. The fraction of sp³-hybridized carbons (Fsp3) is 0.500. The van der Waals surface area contributed by atoms with E-state index in [1.165, 1.54) is 0 Å². The highest BCUT2D eigenvalue weighted by atomic mass is 32.2. The van der Waals surface area contributed by atoms with Crippen LogP contribution in [0.5, 0.6) is 5.75 Å². The minimum atomic E-state index is -3.82. The zero-order valence-electron chi connectivity index (χ0n) is 11.3. The van der Waals surface area contributed by atoms with Gasteiger partial charge >= 0.3 is 5.69 Å². The zero-order chi connectivity index (χ0) is 15.5. The Morgan fingerprint density at radius 2 is 2.24 bits per heavy atom. The number of hydrogen-bond acceptors (Lipinski definition) is 6. The molecule has 8 nitrogen and oxygen atoms in total. The van der Waals surface area contributed by atoms with Crippen molar-refractivity contribution in [3.63, 3.8) is 0 Å². The molecule has 0 saturated carbocycles. The van der Waals surface area contributed by atoms with Crippen molar-refractivity contribution in [1.82, 2.24) is 10.0 Å². The van der Waals surface area contributed by atoms with Gasteiger partial charge in [-0.1, -0.05) is 0 Å². The number of aromatic hydroxyl groups is 1. The fourth-order valence-electron chi connectivity index (χ4n) is 2.27. The predicted molar refractivity (Wildman–Crippen MR) is 75.6 cm³/mol. The van der Waals surface area contributed by atoms with E-state index < -0.39 is 26.4 Å². The van der Waals surface area contributed by atoms with Crippen LogP contribution in [0.4, 0.5) is 5.69 Å². The summed E-state index contributed by atoms with van der Waals surface area (Å²) in [5.74, 6) is -0.561. The van der Waals surface area contributed by atoms with Crippen molar-refractivity contribution < 1.29 is 18.4 Å². The first-order valence-corrected chi connectivity index (χ1v) is 8.09. The number of nitro benzene ring substituents is 1. The van der Waals surface area contributed by atoms with Crippen molar-refractivity contribution in [1.29, 1.82) is 0 Å². The Kier molecular flexibility index (Phi) is 4.76. The number of benzene rings is 1. The molecule has 0 bridgehead atoms. The molecule has 1 atom stereocenters. The largest absolute Gasteiger partial charge is 0.502 e. The summed E-state index contributed by atoms with van der Waals surface area (Å²) in [6, 6.07) is 3.30. The van der Waals surface area contributed by atoms with Crippen LogP contribution < -0.4 is 10.0 Å². The molecule has 0 amide bonds. The van der Waals surface area contributed by atoms with Gasteiger partial charge in [0.2, 0.25) is 10.0 Å². The second-order valence-corrected chi connectivity index (χ2v) is 6.65. The lowest BCUT2D eigenvalue weighted by Crippen LogP contribution is -2.30. The van der Waals surface area contributed by atoms with Gasteiger partial charge in [-0.25, -0.2) is 13.1 Å². The highest BCUT2D eigenvalue weighted by Crippen LogP contribution is 2.28. The Balaban J connectivity index is 2.04. The average molecular weight is 315 g/mol. The summed E-state index contributed by atoms with van der Waals surface area (Å²) in [6.45, 7) is 1.20. The number of nitro groups is 1. The molecule has 0 aromatic heterocycles. The van der Waals surface area contributed by atoms with Gasteiger partial charge in [-0.05, 0) is 37.9 Å². The Bertz CT molecular complexity index is 626. The van der Waals surface area contributed by atoms with Crippen LogP contribution in [0.3, 0.4) is 0 Å². The lowest BCUT2D eigenvalue weighted by Gasteiger charge is -2.11. The van der Waals surface area contributed by atoms with E-state index in [4.69, 9.17) is 0 Å². The third-order valence-electron chi connectivity index (χ3n) is 3.40. The molecule has 1 aliphatic heterocycles. The molecule has 1 aromatic carbocycles. The topological polar surface area (TPSA) is 122 Å². The van der Waals surface area contributed by atoms with Gasteiger partial charge in [-0.2, -0.15) is 0 Å². The highest BCUT2D eigenvalue weighted by molar-refractivity contribution is 7.89. The summed E-state index contributed by atoms with van der Waals surface area (Å²) in [7, 11) is -3.82. The maximum absolute atomic E-state index is 12.1. The standard InChI is InChI=1S/C12H17N3O5S/c16-12-4-3-10(8-11(12)15(17)18)21(19,20)14-7-5-9-2-1-6-13-9/h3-4,8-9,13-14,16H,1-2,5-7H2/t9-/m0/s1. The summed E-state index contributed by atoms with van der Waals surface area (Å²) in [6.07, 6.45) is 2.77. The van der Waals surface area contributed by atoms with E-state index >= 15 is 0 Å². The number of phenols is 1. The summed E-state index contributed by atoms with van der Waals surface area (Å²) in [5, 5.41) is 23.3. The van der Waals surface area contributed by atoms with Gasteiger partial charge in [0.15, 0.2) is 5.75 Å². The molecule has 0 unspecified atom stereocenters. The molecule has 1 aromatic rings. The van der Waals surface area contributed by atoms with Crippen LogP contribution in [0.25, 0.3) is 0 Å². The molecule has 0 aliphatic carbocycles. The molecule has 21 heavy (non-hydrogen) atoms. The van der Waals surface area contributed by atoms with E-state index in [0.29, 0.717) is 12.5 Å². The van der Waals surface area contributed by atoms with Crippen molar-refractivity contribution in [2.45, 2.75) is 30.2 Å². The van der Waals surface area contributed by atoms with Gasteiger partial charge in [0.05, 0.1) is 9.82 Å². The van der Waals surface area contributed by atoms with E-state index in [-0.39, 0.29) is 11.4 Å². The third-order valence-corrected chi connectivity index (χ3v) is 4.86. The van der Waals surface area contributed by atoms with Crippen molar-refractivity contribution >= 4 is 15.7 Å². The van der Waals surface area contributed by atoms with Crippen LogP contribution in [0.15, 0.2) is 23.1 Å². The lowest BCUT2D eigenvalue weighted by molar-refractivity contribution is -0.386. The molecular weight excluding hydrogens is 298 g/mol. The van der Waals surface area contributed by atoms with E-state index in [1.54, 1.807) is 0 Å². The van der Waals surface area contributed by atoms with Crippen molar-refractivity contribution in [3.8, 4) is 5.75 Å². The second kappa shape index (κ2) is 6.37. The van der Waals surface area contributed by atoms with Crippen LogP contribution in [0, 0.1) is 10.1 Å². The maximum atomic E-state index is 12.1. The SMILES string of the molecule is O=[N+]([O-])c1cc(S(=O)(=O)NCC[C@@H]2CCCN2)ccc1O. The Labute approximate surface area is 122 Å². The number of phenolic OH excluding ortho intramolecular Hbond substituents is 1. The van der Waals surface area contributed by atoms with Crippen LogP contribution >= 0.6 is 0 Å². The van der Waals surface area contributed by atoms with Crippen LogP contribution in [-0.4, -0.2) is 37.6 Å². The van der Waals surface area contributed by atoms with Crippen LogP contribution in [0.1, 0.15) is 19.3 Å². The third kappa shape index (κ3) is 3.90. The molecule has 9 heteroatoms. The molecule has 116 valence electrons. The molecule has 1 heterocycles. The summed E-state index contributed by atoms with van der Waals surface area (Å²) >= 11 is 0. The second-order valence-electron chi connectivity index (χ2n) is 4.89. The summed E-state index contributed by atoms with van der Waals surface area (Å²) in [5.41, 5.74) is -0.629. The summed E-state index contributed by atoms with van der Waals surface area (Å²) < 4.78 is 26.5. The van der Waals surface area contributed by atoms with Gasteiger partial charge < -0.3 is 10.4 Å². The molecule has 2 rings (SSSR count). The average Bonchev–Trinajstić information content (AvgIpc) is 2.91. The molecule has 1 aliphatic rings. The minimum absolute atomic E-state index is 0.230. The predicted octanol–water partition coefficient (Wildman–Crippen LogP) is 0.721. The van der Waals surface area contributed by atoms with Gasteiger partial charge in [0, 0.05) is 18.7 Å². The summed E-state index contributed by atoms with van der Waals surface area (Å²) in [4.78, 5) is 9.66.